The van der Waals surface area contributed by atoms with Crippen molar-refractivity contribution in [2.45, 2.75) is 6.61 Å². The largest absolute Gasteiger partial charge is 0.501 e. The Bertz CT molecular complexity index is 1180. The van der Waals surface area contributed by atoms with Crippen LogP contribution >= 0.6 is 0 Å². The van der Waals surface area contributed by atoms with Gasteiger partial charge in [0.15, 0.2) is 5.82 Å². The van der Waals surface area contributed by atoms with Gasteiger partial charge < -0.3 is 18.8 Å². The molecule has 0 atom stereocenters. The van der Waals surface area contributed by atoms with E-state index in [0.29, 0.717) is 17.2 Å². The van der Waals surface area contributed by atoms with Gasteiger partial charge in [0.05, 0.1) is 5.39 Å². The maximum Gasteiger partial charge on any atom is 0.235 e. The Balaban J connectivity index is 1.68. The van der Waals surface area contributed by atoms with Gasteiger partial charge in [-0.3, -0.25) is 4.79 Å². The highest BCUT2D eigenvalue weighted by Crippen LogP contribution is 2.30. The molecule has 7 heteroatoms. The van der Waals surface area contributed by atoms with Crippen molar-refractivity contribution >= 4 is 11.0 Å². The van der Waals surface area contributed by atoms with Crippen LogP contribution in [0.5, 0.6) is 11.5 Å². The lowest BCUT2D eigenvalue weighted by Crippen LogP contribution is -2.05. The van der Waals surface area contributed by atoms with Gasteiger partial charge in [0.25, 0.3) is 0 Å². The molecule has 27 heavy (non-hydrogen) atoms. The van der Waals surface area contributed by atoms with Gasteiger partial charge in [-0.2, -0.15) is 0 Å². The molecule has 0 aliphatic carbocycles. The van der Waals surface area contributed by atoms with Gasteiger partial charge in [0, 0.05) is 19.4 Å². The number of aromatic hydroxyl groups is 1. The maximum atomic E-state index is 13.0. The van der Waals surface area contributed by atoms with Crippen molar-refractivity contribution in [2.75, 3.05) is 0 Å². The fourth-order valence-corrected chi connectivity index (χ4v) is 2.74. The topological polar surface area (TPSA) is 77.5 Å². The molecule has 1 N–H and O–H groups in total. The molecule has 0 radical (unpaired) electrons. The zero-order valence-corrected chi connectivity index (χ0v) is 14.3. The number of halogens is 1. The summed E-state index contributed by atoms with van der Waals surface area (Å²) in [6, 6.07) is 10.7. The minimum absolute atomic E-state index is 0.0139. The van der Waals surface area contributed by atoms with Gasteiger partial charge in [-0.1, -0.05) is 12.1 Å². The van der Waals surface area contributed by atoms with Crippen LogP contribution < -0.4 is 10.2 Å². The highest BCUT2D eigenvalue weighted by Gasteiger charge is 2.18. The predicted molar refractivity (Wildman–Crippen MR) is 97.1 cm³/mol. The molecular formula is C20H15FN2O4. The first-order valence-corrected chi connectivity index (χ1v) is 8.17. The number of hydrogen-bond acceptors (Lipinski definition) is 5. The molecule has 4 aromatic rings. The molecule has 0 saturated heterocycles. The Kier molecular flexibility index (Phi) is 4.12. The van der Waals surface area contributed by atoms with E-state index in [1.807, 2.05) is 0 Å². The summed E-state index contributed by atoms with van der Waals surface area (Å²) in [4.78, 5) is 16.7. The van der Waals surface area contributed by atoms with Crippen LogP contribution in [0, 0.1) is 5.82 Å². The molecule has 0 amide bonds. The highest BCUT2D eigenvalue weighted by atomic mass is 19.1. The standard InChI is InChI=1S/C20H15FN2O4/c1-23-9-8-22-20(23)19-18(25)17(24)15-10-14(6-7-16(15)27-19)26-11-12-2-4-13(21)5-3-12/h2-10,25H,11H2,1H3. The first kappa shape index (κ1) is 16.8. The third-order valence-corrected chi connectivity index (χ3v) is 4.18. The van der Waals surface area contributed by atoms with Crippen molar-refractivity contribution < 1.29 is 18.7 Å². The minimum atomic E-state index is -0.568. The molecule has 0 fully saturated rings. The average molecular weight is 366 g/mol. The lowest BCUT2D eigenvalue weighted by molar-refractivity contribution is 0.306. The van der Waals surface area contributed by atoms with Crippen LogP contribution in [-0.4, -0.2) is 14.7 Å². The van der Waals surface area contributed by atoms with E-state index >= 15 is 0 Å². The van der Waals surface area contributed by atoms with Crippen molar-refractivity contribution in [3.05, 3.63) is 76.5 Å². The lowest BCUT2D eigenvalue weighted by atomic mass is 10.2. The number of fused-ring (bicyclic) bond motifs is 1. The van der Waals surface area contributed by atoms with E-state index < -0.39 is 11.2 Å². The molecule has 6 nitrogen and oxygen atoms in total. The predicted octanol–water partition coefficient (Wildman–Crippen LogP) is 3.62. The number of aromatic nitrogens is 2. The van der Waals surface area contributed by atoms with Gasteiger partial charge in [-0.15, -0.1) is 0 Å². The second kappa shape index (κ2) is 6.60. The SMILES string of the molecule is Cn1ccnc1-c1oc2ccc(OCc3ccc(F)cc3)cc2c(=O)c1O. The van der Waals surface area contributed by atoms with Crippen molar-refractivity contribution in [2.24, 2.45) is 7.05 Å². The van der Waals surface area contributed by atoms with E-state index in [0.717, 1.165) is 5.56 Å². The third-order valence-electron chi connectivity index (χ3n) is 4.18. The summed E-state index contributed by atoms with van der Waals surface area (Å²) in [7, 11) is 1.73. The Hall–Kier alpha value is -3.61. The number of aryl methyl sites for hydroxylation is 1. The van der Waals surface area contributed by atoms with Crippen LogP contribution in [0.4, 0.5) is 4.39 Å². The van der Waals surface area contributed by atoms with Gasteiger partial charge >= 0.3 is 0 Å². The highest BCUT2D eigenvalue weighted by molar-refractivity contribution is 5.82. The van der Waals surface area contributed by atoms with E-state index in [1.54, 1.807) is 48.3 Å². The first-order valence-electron chi connectivity index (χ1n) is 8.17. The number of benzene rings is 2. The molecule has 0 unspecified atom stereocenters. The normalized spacial score (nSPS) is 11.0. The van der Waals surface area contributed by atoms with Crippen LogP contribution in [0.1, 0.15) is 5.56 Å². The molecule has 2 aromatic heterocycles. The molecule has 2 aromatic carbocycles. The average Bonchev–Trinajstić information content (AvgIpc) is 3.10. The number of rotatable bonds is 4. The fourth-order valence-electron chi connectivity index (χ4n) is 2.74. The van der Waals surface area contributed by atoms with Crippen molar-refractivity contribution in [1.82, 2.24) is 9.55 Å². The van der Waals surface area contributed by atoms with Gasteiger partial charge in [0.2, 0.25) is 16.9 Å². The summed E-state index contributed by atoms with van der Waals surface area (Å²) >= 11 is 0. The van der Waals surface area contributed by atoms with E-state index in [1.165, 1.54) is 18.2 Å². The number of hydrogen-bond donors (Lipinski definition) is 1. The quantitative estimate of drug-likeness (QED) is 0.597. The van der Waals surface area contributed by atoms with Crippen molar-refractivity contribution in [3.8, 4) is 23.1 Å². The molecule has 0 bridgehead atoms. The summed E-state index contributed by atoms with van der Waals surface area (Å²) in [6.07, 6.45) is 3.23. The Morgan fingerprint density at radius 2 is 2.00 bits per heavy atom. The van der Waals surface area contributed by atoms with Crippen LogP contribution in [0.3, 0.4) is 0 Å². The fraction of sp³-hybridized carbons (Fsp3) is 0.100. The third kappa shape index (κ3) is 3.15. The first-order chi connectivity index (χ1) is 13.0. The van der Waals surface area contributed by atoms with Crippen LogP contribution in [0.15, 0.2) is 64.1 Å². The summed E-state index contributed by atoms with van der Waals surface area (Å²) in [6.45, 7) is 0.217. The van der Waals surface area contributed by atoms with Gasteiger partial charge in [-0.05, 0) is 35.9 Å². The zero-order chi connectivity index (χ0) is 19.0. The molecular weight excluding hydrogens is 351 g/mol. The summed E-state index contributed by atoms with van der Waals surface area (Å²) in [5.41, 5.74) is 0.530. The number of ether oxygens (including phenoxy) is 1. The molecule has 0 aliphatic rings. The molecule has 2 heterocycles. The van der Waals surface area contributed by atoms with Crippen molar-refractivity contribution in [1.29, 1.82) is 0 Å². The smallest absolute Gasteiger partial charge is 0.235 e. The van der Waals surface area contributed by atoms with E-state index in [9.17, 15) is 14.3 Å². The Morgan fingerprint density at radius 3 is 2.70 bits per heavy atom. The number of imidazole rings is 1. The van der Waals surface area contributed by atoms with E-state index in [2.05, 4.69) is 4.98 Å². The molecule has 4 rings (SSSR count). The second-order valence-corrected chi connectivity index (χ2v) is 6.04. The zero-order valence-electron chi connectivity index (χ0n) is 14.3. The van der Waals surface area contributed by atoms with Gasteiger partial charge in [-0.25, -0.2) is 9.37 Å². The maximum absolute atomic E-state index is 13.0. The van der Waals surface area contributed by atoms with Gasteiger partial charge in [0.1, 0.15) is 23.8 Å². The summed E-state index contributed by atoms with van der Waals surface area (Å²) in [5, 5.41) is 10.5. The molecule has 0 saturated carbocycles. The second-order valence-electron chi connectivity index (χ2n) is 6.04. The van der Waals surface area contributed by atoms with Crippen LogP contribution in [-0.2, 0) is 13.7 Å². The molecule has 0 aliphatic heterocycles. The van der Waals surface area contributed by atoms with Crippen LogP contribution in [0.25, 0.3) is 22.6 Å². The monoisotopic (exact) mass is 366 g/mol. The van der Waals surface area contributed by atoms with Crippen LogP contribution in [0.2, 0.25) is 0 Å². The Morgan fingerprint density at radius 1 is 1.22 bits per heavy atom. The minimum Gasteiger partial charge on any atom is -0.501 e. The summed E-state index contributed by atoms with van der Waals surface area (Å²) in [5.74, 6) is -0.0278. The lowest BCUT2D eigenvalue weighted by Gasteiger charge is -2.09. The number of nitrogens with zero attached hydrogens (tertiary/aromatic N) is 2. The van der Waals surface area contributed by atoms with E-state index in [4.69, 9.17) is 9.15 Å². The summed E-state index contributed by atoms with van der Waals surface area (Å²) < 4.78 is 25.9. The Labute approximate surface area is 153 Å². The van der Waals surface area contributed by atoms with E-state index in [-0.39, 0.29) is 23.6 Å². The molecule has 0 spiro atoms. The molecule has 136 valence electrons. The van der Waals surface area contributed by atoms with Crippen molar-refractivity contribution in [3.63, 3.8) is 0 Å².